The molecule has 4 heteroatoms. The SMILES string of the molecule is CC1CN(Cc2cncn2C2CC2)CCC1O. The second-order valence-electron chi connectivity index (χ2n) is 5.59. The van der Waals surface area contributed by atoms with E-state index < -0.39 is 0 Å². The van der Waals surface area contributed by atoms with Gasteiger partial charge in [0.2, 0.25) is 0 Å². The third-order valence-electron chi connectivity index (χ3n) is 4.02. The van der Waals surface area contributed by atoms with Gasteiger partial charge in [-0.1, -0.05) is 6.92 Å². The highest BCUT2D eigenvalue weighted by Gasteiger charge is 2.28. The molecular formula is C13H21N3O. The van der Waals surface area contributed by atoms with Crippen LogP contribution in [0.5, 0.6) is 0 Å². The van der Waals surface area contributed by atoms with E-state index in [0.717, 1.165) is 26.1 Å². The average molecular weight is 235 g/mol. The number of aromatic nitrogens is 2. The van der Waals surface area contributed by atoms with Gasteiger partial charge in [-0.2, -0.15) is 0 Å². The minimum Gasteiger partial charge on any atom is -0.393 e. The number of rotatable bonds is 3. The number of aliphatic hydroxyl groups excluding tert-OH is 1. The van der Waals surface area contributed by atoms with Crippen molar-refractivity contribution in [1.29, 1.82) is 0 Å². The van der Waals surface area contributed by atoms with Crippen LogP contribution in [0, 0.1) is 5.92 Å². The summed E-state index contributed by atoms with van der Waals surface area (Å²) in [5, 5.41) is 9.73. The fraction of sp³-hybridized carbons (Fsp3) is 0.769. The largest absolute Gasteiger partial charge is 0.393 e. The first-order valence-electron chi connectivity index (χ1n) is 6.65. The molecule has 1 aliphatic carbocycles. The molecule has 1 aliphatic heterocycles. The van der Waals surface area contributed by atoms with Gasteiger partial charge in [0.05, 0.1) is 18.1 Å². The molecule has 2 fully saturated rings. The highest BCUT2D eigenvalue weighted by molar-refractivity contribution is 5.03. The van der Waals surface area contributed by atoms with E-state index in [2.05, 4.69) is 21.4 Å². The minimum atomic E-state index is -0.111. The zero-order valence-corrected chi connectivity index (χ0v) is 10.4. The van der Waals surface area contributed by atoms with Gasteiger partial charge in [-0.3, -0.25) is 4.90 Å². The summed E-state index contributed by atoms with van der Waals surface area (Å²) in [6.45, 7) is 5.11. The van der Waals surface area contributed by atoms with Crippen molar-refractivity contribution < 1.29 is 5.11 Å². The Morgan fingerprint density at radius 2 is 2.24 bits per heavy atom. The fourth-order valence-corrected chi connectivity index (χ4v) is 2.73. The van der Waals surface area contributed by atoms with E-state index in [0.29, 0.717) is 12.0 Å². The first-order valence-corrected chi connectivity index (χ1v) is 6.65. The number of hydrogen-bond acceptors (Lipinski definition) is 3. The van der Waals surface area contributed by atoms with Crippen LogP contribution in [-0.2, 0) is 6.54 Å². The van der Waals surface area contributed by atoms with E-state index in [1.54, 1.807) is 0 Å². The Balaban J connectivity index is 1.64. The first kappa shape index (κ1) is 11.2. The predicted molar refractivity (Wildman–Crippen MR) is 65.6 cm³/mol. The number of nitrogens with zero attached hydrogens (tertiary/aromatic N) is 3. The van der Waals surface area contributed by atoms with Gasteiger partial charge < -0.3 is 9.67 Å². The Morgan fingerprint density at radius 3 is 2.94 bits per heavy atom. The molecule has 0 radical (unpaired) electrons. The molecule has 94 valence electrons. The minimum absolute atomic E-state index is 0.111. The van der Waals surface area contributed by atoms with E-state index in [1.807, 2.05) is 12.5 Å². The summed E-state index contributed by atoms with van der Waals surface area (Å²) < 4.78 is 2.33. The Hall–Kier alpha value is -0.870. The van der Waals surface area contributed by atoms with Crippen molar-refractivity contribution >= 4 is 0 Å². The van der Waals surface area contributed by atoms with Gasteiger partial charge in [-0.05, 0) is 25.2 Å². The summed E-state index contributed by atoms with van der Waals surface area (Å²) in [4.78, 5) is 6.71. The summed E-state index contributed by atoms with van der Waals surface area (Å²) in [5.74, 6) is 0.390. The summed E-state index contributed by atoms with van der Waals surface area (Å²) in [7, 11) is 0. The van der Waals surface area contributed by atoms with Crippen LogP contribution in [0.15, 0.2) is 12.5 Å². The van der Waals surface area contributed by atoms with Crippen molar-refractivity contribution in [2.45, 2.75) is 44.9 Å². The second-order valence-corrected chi connectivity index (χ2v) is 5.59. The van der Waals surface area contributed by atoms with Crippen molar-refractivity contribution in [3.63, 3.8) is 0 Å². The number of hydrogen-bond donors (Lipinski definition) is 1. The molecule has 0 amide bonds. The molecular weight excluding hydrogens is 214 g/mol. The number of piperidine rings is 1. The average Bonchev–Trinajstić information content (AvgIpc) is 3.05. The van der Waals surface area contributed by atoms with Gasteiger partial charge in [0.1, 0.15) is 0 Å². The molecule has 1 aromatic heterocycles. The highest BCUT2D eigenvalue weighted by atomic mass is 16.3. The standard InChI is InChI=1S/C13H21N3O/c1-10-7-15(5-4-13(10)17)8-12-6-14-9-16(12)11-2-3-11/h6,9-11,13,17H,2-5,7-8H2,1H3. The molecule has 1 aromatic rings. The molecule has 0 aromatic carbocycles. The van der Waals surface area contributed by atoms with Crippen molar-refractivity contribution in [2.24, 2.45) is 5.92 Å². The van der Waals surface area contributed by atoms with Gasteiger partial charge in [-0.15, -0.1) is 0 Å². The number of aliphatic hydroxyl groups is 1. The Labute approximate surface area is 102 Å². The Morgan fingerprint density at radius 1 is 1.41 bits per heavy atom. The smallest absolute Gasteiger partial charge is 0.0951 e. The summed E-state index contributed by atoms with van der Waals surface area (Å²) in [5.41, 5.74) is 1.33. The van der Waals surface area contributed by atoms with Crippen molar-refractivity contribution in [3.05, 3.63) is 18.2 Å². The molecule has 1 saturated heterocycles. The first-order chi connectivity index (χ1) is 8.24. The van der Waals surface area contributed by atoms with E-state index in [-0.39, 0.29) is 6.10 Å². The van der Waals surface area contributed by atoms with E-state index in [4.69, 9.17) is 0 Å². The van der Waals surface area contributed by atoms with Gasteiger partial charge in [-0.25, -0.2) is 4.98 Å². The lowest BCUT2D eigenvalue weighted by molar-refractivity contribution is 0.0312. The molecule has 3 rings (SSSR count). The van der Waals surface area contributed by atoms with Crippen LogP contribution in [-0.4, -0.2) is 38.8 Å². The van der Waals surface area contributed by atoms with Crippen LogP contribution in [0.4, 0.5) is 0 Å². The predicted octanol–water partition coefficient (Wildman–Crippen LogP) is 1.42. The van der Waals surface area contributed by atoms with E-state index in [9.17, 15) is 5.11 Å². The van der Waals surface area contributed by atoms with Crippen molar-refractivity contribution in [1.82, 2.24) is 14.5 Å². The Kier molecular flexibility index (Phi) is 2.92. The lowest BCUT2D eigenvalue weighted by Crippen LogP contribution is -2.41. The van der Waals surface area contributed by atoms with E-state index in [1.165, 1.54) is 18.5 Å². The van der Waals surface area contributed by atoms with Crippen LogP contribution in [0.25, 0.3) is 0 Å². The molecule has 2 unspecified atom stereocenters. The monoisotopic (exact) mass is 235 g/mol. The maximum Gasteiger partial charge on any atom is 0.0951 e. The maximum absolute atomic E-state index is 9.73. The van der Waals surface area contributed by atoms with E-state index >= 15 is 0 Å². The van der Waals surface area contributed by atoms with Crippen LogP contribution in [0.1, 0.15) is 37.9 Å². The van der Waals surface area contributed by atoms with Crippen LogP contribution in [0.2, 0.25) is 0 Å². The molecule has 2 heterocycles. The van der Waals surface area contributed by atoms with Gasteiger partial charge >= 0.3 is 0 Å². The molecule has 2 aliphatic rings. The van der Waals surface area contributed by atoms with Crippen LogP contribution < -0.4 is 0 Å². The van der Waals surface area contributed by atoms with Crippen LogP contribution >= 0.6 is 0 Å². The zero-order valence-electron chi connectivity index (χ0n) is 10.4. The number of likely N-dealkylation sites (tertiary alicyclic amines) is 1. The van der Waals surface area contributed by atoms with Gasteiger partial charge in [0.15, 0.2) is 0 Å². The van der Waals surface area contributed by atoms with Crippen molar-refractivity contribution in [3.8, 4) is 0 Å². The highest BCUT2D eigenvalue weighted by Crippen LogP contribution is 2.36. The topological polar surface area (TPSA) is 41.3 Å². The summed E-state index contributed by atoms with van der Waals surface area (Å²) >= 11 is 0. The molecule has 1 N–H and O–H groups in total. The molecule has 0 spiro atoms. The van der Waals surface area contributed by atoms with Crippen LogP contribution in [0.3, 0.4) is 0 Å². The van der Waals surface area contributed by atoms with Gasteiger partial charge in [0, 0.05) is 31.9 Å². The molecule has 2 atom stereocenters. The molecule has 17 heavy (non-hydrogen) atoms. The third kappa shape index (κ3) is 2.38. The second kappa shape index (κ2) is 4.42. The molecule has 4 nitrogen and oxygen atoms in total. The lowest BCUT2D eigenvalue weighted by atomic mass is 9.97. The fourth-order valence-electron chi connectivity index (χ4n) is 2.73. The summed E-state index contributed by atoms with van der Waals surface area (Å²) in [6.07, 6.45) is 7.36. The lowest BCUT2D eigenvalue weighted by Gasteiger charge is -2.34. The molecule has 1 saturated carbocycles. The number of imidazole rings is 1. The third-order valence-corrected chi connectivity index (χ3v) is 4.02. The quantitative estimate of drug-likeness (QED) is 0.861. The van der Waals surface area contributed by atoms with Crippen molar-refractivity contribution in [2.75, 3.05) is 13.1 Å². The van der Waals surface area contributed by atoms with Gasteiger partial charge in [0.25, 0.3) is 0 Å². The molecule has 0 bridgehead atoms. The zero-order chi connectivity index (χ0) is 11.8. The maximum atomic E-state index is 9.73. The Bertz CT molecular complexity index is 386. The summed E-state index contributed by atoms with van der Waals surface area (Å²) in [6, 6.07) is 0.709. The normalized spacial score (nSPS) is 30.7.